The number of anilines is 1. The van der Waals surface area contributed by atoms with Crippen LogP contribution in [0.5, 0.6) is 0 Å². The minimum atomic E-state index is -0.205. The van der Waals surface area contributed by atoms with Crippen LogP contribution in [0.4, 0.5) is 5.13 Å². The van der Waals surface area contributed by atoms with Crippen LogP contribution in [0.3, 0.4) is 0 Å². The summed E-state index contributed by atoms with van der Waals surface area (Å²) in [5, 5.41) is 3.56. The molecule has 0 spiro atoms. The molecule has 128 valence electrons. The van der Waals surface area contributed by atoms with E-state index in [1.54, 1.807) is 11.0 Å². The summed E-state index contributed by atoms with van der Waals surface area (Å²) in [4.78, 5) is 32.2. The normalized spacial score (nSPS) is 17.8. The quantitative estimate of drug-likeness (QED) is 0.922. The molecule has 0 radical (unpaired) electrons. The van der Waals surface area contributed by atoms with Gasteiger partial charge in [0.15, 0.2) is 5.13 Å². The second-order valence-electron chi connectivity index (χ2n) is 5.97. The topological polar surface area (TPSA) is 75.4 Å². The fraction of sp³-hybridized carbons (Fsp3) is 0.471. The highest BCUT2D eigenvalue weighted by Gasteiger charge is 2.29. The molecule has 1 N–H and O–H groups in total. The Morgan fingerprint density at radius 1 is 1.50 bits per heavy atom. The largest absolute Gasteiger partial charge is 0.472 e. The number of thiazole rings is 1. The molecule has 6 nitrogen and oxygen atoms in total. The van der Waals surface area contributed by atoms with E-state index < -0.39 is 0 Å². The summed E-state index contributed by atoms with van der Waals surface area (Å²) >= 11 is 1.50. The number of nitrogens with zero attached hydrogens (tertiary/aromatic N) is 2. The number of amides is 2. The van der Waals surface area contributed by atoms with Crippen molar-refractivity contribution in [1.82, 2.24) is 9.88 Å². The summed E-state index contributed by atoms with van der Waals surface area (Å²) in [6.45, 7) is 5.16. The number of carbonyl (C=O) groups is 2. The first kappa shape index (κ1) is 16.7. The third-order valence-corrected chi connectivity index (χ3v) is 5.23. The van der Waals surface area contributed by atoms with Gasteiger partial charge in [0.05, 0.1) is 23.4 Å². The van der Waals surface area contributed by atoms with Gasteiger partial charge < -0.3 is 14.6 Å². The van der Waals surface area contributed by atoms with Gasteiger partial charge in [0.1, 0.15) is 6.26 Å². The number of rotatable bonds is 4. The number of carbonyl (C=O) groups excluding carboxylic acids is 2. The Balaban J connectivity index is 1.63. The number of hydrogen-bond acceptors (Lipinski definition) is 5. The lowest BCUT2D eigenvalue weighted by Gasteiger charge is -2.31. The molecule has 24 heavy (non-hydrogen) atoms. The summed E-state index contributed by atoms with van der Waals surface area (Å²) in [7, 11) is 0. The fourth-order valence-electron chi connectivity index (χ4n) is 2.96. The molecule has 3 rings (SSSR count). The smallest absolute Gasteiger partial charge is 0.257 e. The lowest BCUT2D eigenvalue weighted by atomic mass is 9.97. The van der Waals surface area contributed by atoms with Crippen LogP contribution >= 0.6 is 11.3 Å². The molecule has 2 aromatic rings. The van der Waals surface area contributed by atoms with Crippen LogP contribution in [-0.4, -0.2) is 34.8 Å². The highest BCUT2D eigenvalue weighted by Crippen LogP contribution is 2.25. The Bertz CT molecular complexity index is 724. The van der Waals surface area contributed by atoms with Gasteiger partial charge in [-0.3, -0.25) is 9.59 Å². The third kappa shape index (κ3) is 3.51. The van der Waals surface area contributed by atoms with Crippen molar-refractivity contribution in [3.05, 3.63) is 34.7 Å². The Morgan fingerprint density at radius 3 is 3.00 bits per heavy atom. The number of likely N-dealkylation sites (tertiary alicyclic amines) is 1. The lowest BCUT2D eigenvalue weighted by molar-refractivity contribution is -0.121. The van der Waals surface area contributed by atoms with E-state index in [9.17, 15) is 9.59 Å². The van der Waals surface area contributed by atoms with Crippen molar-refractivity contribution in [1.29, 1.82) is 0 Å². The first-order valence-electron chi connectivity index (χ1n) is 8.17. The van der Waals surface area contributed by atoms with Crippen LogP contribution in [-0.2, 0) is 11.2 Å². The summed E-state index contributed by atoms with van der Waals surface area (Å²) in [6.07, 6.45) is 5.38. The van der Waals surface area contributed by atoms with E-state index in [1.165, 1.54) is 23.9 Å². The van der Waals surface area contributed by atoms with Gasteiger partial charge in [0.2, 0.25) is 5.91 Å². The number of piperidine rings is 1. The summed E-state index contributed by atoms with van der Waals surface area (Å²) < 4.78 is 4.97. The van der Waals surface area contributed by atoms with Gasteiger partial charge in [-0.2, -0.15) is 0 Å². The van der Waals surface area contributed by atoms with Crippen LogP contribution in [0.2, 0.25) is 0 Å². The van der Waals surface area contributed by atoms with E-state index in [4.69, 9.17) is 4.42 Å². The Hall–Kier alpha value is -2.15. The van der Waals surface area contributed by atoms with Crippen molar-refractivity contribution >= 4 is 28.3 Å². The molecule has 1 atom stereocenters. The molecule has 7 heteroatoms. The number of hydrogen-bond donors (Lipinski definition) is 1. The van der Waals surface area contributed by atoms with Crippen LogP contribution < -0.4 is 5.32 Å². The second kappa shape index (κ2) is 7.17. The number of aryl methyl sites for hydroxylation is 2. The van der Waals surface area contributed by atoms with Gasteiger partial charge in [-0.15, -0.1) is 11.3 Å². The average Bonchev–Trinajstić information content (AvgIpc) is 3.24. The predicted octanol–water partition coefficient (Wildman–Crippen LogP) is 3.10. The zero-order chi connectivity index (χ0) is 17.1. The lowest BCUT2D eigenvalue weighted by Crippen LogP contribution is -2.43. The van der Waals surface area contributed by atoms with Gasteiger partial charge >= 0.3 is 0 Å². The van der Waals surface area contributed by atoms with Crippen LogP contribution in [0.15, 0.2) is 23.0 Å². The number of aromatic nitrogens is 1. The summed E-state index contributed by atoms with van der Waals surface area (Å²) in [6, 6.07) is 1.65. The molecule has 0 aliphatic carbocycles. The highest BCUT2D eigenvalue weighted by molar-refractivity contribution is 7.15. The molecule has 2 aromatic heterocycles. The molecule has 0 bridgehead atoms. The van der Waals surface area contributed by atoms with Gasteiger partial charge in [-0.05, 0) is 32.3 Å². The number of furan rings is 1. The monoisotopic (exact) mass is 347 g/mol. The van der Waals surface area contributed by atoms with Gasteiger partial charge in [0.25, 0.3) is 5.91 Å². The van der Waals surface area contributed by atoms with E-state index in [1.807, 2.05) is 13.8 Å². The second-order valence-corrected chi connectivity index (χ2v) is 7.17. The standard InChI is InChI=1S/C17H21N3O3S/c1-3-14-11(2)24-17(18-14)19-15(21)12-5-4-7-20(9-12)16(22)13-6-8-23-10-13/h6,8,10,12H,3-5,7,9H2,1-2H3,(H,18,19,21)/t12-/m0/s1. The SMILES string of the molecule is CCc1nc(NC(=O)[C@H]2CCCN(C(=O)c3ccoc3)C2)sc1C. The summed E-state index contributed by atoms with van der Waals surface area (Å²) in [5.74, 6) is -0.348. The molecule has 1 saturated heterocycles. The van der Waals surface area contributed by atoms with E-state index in [0.29, 0.717) is 23.8 Å². The molecule has 0 aromatic carbocycles. The molecule has 1 aliphatic rings. The van der Waals surface area contributed by atoms with Crippen LogP contribution in [0, 0.1) is 12.8 Å². The van der Waals surface area contributed by atoms with E-state index in [-0.39, 0.29) is 17.7 Å². The fourth-order valence-corrected chi connectivity index (χ4v) is 3.87. The molecule has 3 heterocycles. The van der Waals surface area contributed by atoms with E-state index in [2.05, 4.69) is 10.3 Å². The third-order valence-electron chi connectivity index (χ3n) is 4.31. The van der Waals surface area contributed by atoms with Crippen molar-refractivity contribution in [2.45, 2.75) is 33.1 Å². The molecule has 0 unspecified atom stereocenters. The molecule has 1 aliphatic heterocycles. The van der Waals surface area contributed by atoms with Crippen molar-refractivity contribution in [3.63, 3.8) is 0 Å². The first-order chi connectivity index (χ1) is 11.6. The molecular weight excluding hydrogens is 326 g/mol. The maximum Gasteiger partial charge on any atom is 0.257 e. The zero-order valence-corrected chi connectivity index (χ0v) is 14.7. The molecule has 1 fully saturated rings. The van der Waals surface area contributed by atoms with Gasteiger partial charge in [-0.1, -0.05) is 6.92 Å². The predicted molar refractivity (Wildman–Crippen MR) is 92.2 cm³/mol. The number of nitrogens with one attached hydrogen (secondary N) is 1. The Morgan fingerprint density at radius 2 is 2.33 bits per heavy atom. The van der Waals surface area contributed by atoms with E-state index in [0.717, 1.165) is 29.8 Å². The van der Waals surface area contributed by atoms with Crippen molar-refractivity contribution in [2.24, 2.45) is 5.92 Å². The molecule has 0 saturated carbocycles. The zero-order valence-electron chi connectivity index (χ0n) is 13.9. The maximum atomic E-state index is 12.5. The minimum Gasteiger partial charge on any atom is -0.472 e. The average molecular weight is 347 g/mol. The summed E-state index contributed by atoms with van der Waals surface area (Å²) in [5.41, 5.74) is 1.55. The maximum absolute atomic E-state index is 12.5. The van der Waals surface area contributed by atoms with Gasteiger partial charge in [-0.25, -0.2) is 4.98 Å². The minimum absolute atomic E-state index is 0.0592. The van der Waals surface area contributed by atoms with Crippen LogP contribution in [0.25, 0.3) is 0 Å². The van der Waals surface area contributed by atoms with Crippen molar-refractivity contribution in [2.75, 3.05) is 18.4 Å². The molecular formula is C17H21N3O3S. The van der Waals surface area contributed by atoms with Crippen molar-refractivity contribution < 1.29 is 14.0 Å². The molecule has 2 amide bonds. The Labute approximate surface area is 144 Å². The van der Waals surface area contributed by atoms with Gasteiger partial charge in [0, 0.05) is 18.0 Å². The highest BCUT2D eigenvalue weighted by atomic mass is 32.1. The Kier molecular flexibility index (Phi) is 4.99. The van der Waals surface area contributed by atoms with E-state index >= 15 is 0 Å². The van der Waals surface area contributed by atoms with Crippen LogP contribution in [0.1, 0.15) is 40.7 Å². The van der Waals surface area contributed by atoms with Crippen molar-refractivity contribution in [3.8, 4) is 0 Å². The first-order valence-corrected chi connectivity index (χ1v) is 8.98.